The van der Waals surface area contributed by atoms with Crippen LogP contribution in [-0.4, -0.2) is 11.8 Å². The zero-order valence-corrected chi connectivity index (χ0v) is 8.87. The molecule has 0 saturated carbocycles. The molecule has 0 amide bonds. The number of carbonyl (C=O) groups excluding carboxylic acids is 1. The molecule has 0 aliphatic heterocycles. The Morgan fingerprint density at radius 1 is 1.47 bits per heavy atom. The van der Waals surface area contributed by atoms with Crippen molar-refractivity contribution >= 4 is 5.78 Å². The Bertz CT molecular complexity index is 338. The van der Waals surface area contributed by atoms with Gasteiger partial charge >= 0.3 is 0 Å². The van der Waals surface area contributed by atoms with Gasteiger partial charge in [0, 0.05) is 6.42 Å². The highest BCUT2D eigenvalue weighted by Gasteiger charge is 2.14. The molecule has 0 fully saturated rings. The number of benzene rings is 1. The SMILES string of the molecule is CCCC(N)C(=O)Cc1ccccc1F. The third-order valence-electron chi connectivity index (χ3n) is 2.34. The van der Waals surface area contributed by atoms with Crippen molar-refractivity contribution in [2.45, 2.75) is 32.2 Å². The maximum atomic E-state index is 13.2. The molecule has 82 valence electrons. The Labute approximate surface area is 89.3 Å². The molecule has 1 rings (SSSR count). The quantitative estimate of drug-likeness (QED) is 0.806. The summed E-state index contributed by atoms with van der Waals surface area (Å²) in [5, 5.41) is 0. The van der Waals surface area contributed by atoms with E-state index in [0.29, 0.717) is 12.0 Å². The van der Waals surface area contributed by atoms with E-state index in [9.17, 15) is 9.18 Å². The first-order valence-electron chi connectivity index (χ1n) is 5.16. The summed E-state index contributed by atoms with van der Waals surface area (Å²) >= 11 is 0. The molecular formula is C12H16FNO. The minimum Gasteiger partial charge on any atom is -0.321 e. The van der Waals surface area contributed by atoms with E-state index in [4.69, 9.17) is 5.73 Å². The molecule has 0 aliphatic rings. The normalized spacial score (nSPS) is 12.5. The fraction of sp³-hybridized carbons (Fsp3) is 0.417. The molecule has 1 aromatic carbocycles. The number of rotatable bonds is 5. The molecule has 3 heteroatoms. The first kappa shape index (κ1) is 11.9. The lowest BCUT2D eigenvalue weighted by molar-refractivity contribution is -0.119. The van der Waals surface area contributed by atoms with Gasteiger partial charge in [-0.3, -0.25) is 4.79 Å². The Morgan fingerprint density at radius 2 is 2.13 bits per heavy atom. The topological polar surface area (TPSA) is 43.1 Å². The molecule has 2 nitrogen and oxygen atoms in total. The smallest absolute Gasteiger partial charge is 0.153 e. The third kappa shape index (κ3) is 3.44. The molecule has 0 saturated heterocycles. The van der Waals surface area contributed by atoms with Crippen LogP contribution in [0.4, 0.5) is 4.39 Å². The summed E-state index contributed by atoms with van der Waals surface area (Å²) in [7, 11) is 0. The molecule has 15 heavy (non-hydrogen) atoms. The molecule has 0 bridgehead atoms. The molecule has 1 aromatic rings. The van der Waals surface area contributed by atoms with Gasteiger partial charge in [0.25, 0.3) is 0 Å². The fourth-order valence-electron chi connectivity index (χ4n) is 1.43. The van der Waals surface area contributed by atoms with Crippen molar-refractivity contribution < 1.29 is 9.18 Å². The summed E-state index contributed by atoms with van der Waals surface area (Å²) in [6.07, 6.45) is 1.62. The highest BCUT2D eigenvalue weighted by Crippen LogP contribution is 2.09. The van der Waals surface area contributed by atoms with Gasteiger partial charge in [0.05, 0.1) is 6.04 Å². The fourth-order valence-corrected chi connectivity index (χ4v) is 1.43. The van der Waals surface area contributed by atoms with Crippen LogP contribution in [0.2, 0.25) is 0 Å². The number of ketones is 1. The van der Waals surface area contributed by atoms with E-state index in [1.165, 1.54) is 6.07 Å². The largest absolute Gasteiger partial charge is 0.321 e. The number of nitrogens with two attached hydrogens (primary N) is 1. The van der Waals surface area contributed by atoms with E-state index in [2.05, 4.69) is 0 Å². The zero-order valence-electron chi connectivity index (χ0n) is 8.87. The van der Waals surface area contributed by atoms with Gasteiger partial charge in [-0.1, -0.05) is 31.5 Å². The second kappa shape index (κ2) is 5.61. The van der Waals surface area contributed by atoms with Gasteiger partial charge in [-0.15, -0.1) is 0 Å². The minimum atomic E-state index is -0.463. The summed E-state index contributed by atoms with van der Waals surface area (Å²) in [5.74, 6) is -0.434. The van der Waals surface area contributed by atoms with E-state index in [-0.39, 0.29) is 18.0 Å². The number of hydrogen-bond donors (Lipinski definition) is 1. The van der Waals surface area contributed by atoms with Crippen LogP contribution in [0.15, 0.2) is 24.3 Å². The molecule has 1 unspecified atom stereocenters. The molecule has 0 radical (unpaired) electrons. The number of hydrogen-bond acceptors (Lipinski definition) is 2. The van der Waals surface area contributed by atoms with Crippen LogP contribution in [0.25, 0.3) is 0 Å². The predicted molar refractivity (Wildman–Crippen MR) is 58.0 cm³/mol. The van der Waals surface area contributed by atoms with Crippen molar-refractivity contribution in [2.24, 2.45) is 5.73 Å². The van der Waals surface area contributed by atoms with Crippen LogP contribution in [0.5, 0.6) is 0 Å². The van der Waals surface area contributed by atoms with E-state index >= 15 is 0 Å². The summed E-state index contributed by atoms with van der Waals surface area (Å²) in [5.41, 5.74) is 6.08. The second-order valence-electron chi connectivity index (χ2n) is 3.63. The van der Waals surface area contributed by atoms with Crippen LogP contribution in [-0.2, 0) is 11.2 Å². The van der Waals surface area contributed by atoms with Gasteiger partial charge < -0.3 is 5.73 Å². The molecule has 2 N–H and O–H groups in total. The maximum absolute atomic E-state index is 13.2. The van der Waals surface area contributed by atoms with Gasteiger partial charge in [-0.05, 0) is 18.1 Å². The predicted octanol–water partition coefficient (Wildman–Crippen LogP) is 2.06. The Kier molecular flexibility index (Phi) is 4.43. The van der Waals surface area contributed by atoms with Crippen LogP contribution in [0.1, 0.15) is 25.3 Å². The lowest BCUT2D eigenvalue weighted by atomic mass is 10.0. The van der Waals surface area contributed by atoms with Crippen LogP contribution < -0.4 is 5.73 Å². The summed E-state index contributed by atoms with van der Waals surface area (Å²) in [6.45, 7) is 1.97. The van der Waals surface area contributed by atoms with Crippen molar-refractivity contribution in [3.63, 3.8) is 0 Å². The number of carbonyl (C=O) groups is 1. The zero-order chi connectivity index (χ0) is 11.3. The maximum Gasteiger partial charge on any atom is 0.153 e. The van der Waals surface area contributed by atoms with E-state index < -0.39 is 6.04 Å². The number of halogens is 1. The Hall–Kier alpha value is -1.22. The molecule has 0 heterocycles. The van der Waals surface area contributed by atoms with Gasteiger partial charge in [0.15, 0.2) is 5.78 Å². The summed E-state index contributed by atoms with van der Waals surface area (Å²) in [6, 6.07) is 5.83. The third-order valence-corrected chi connectivity index (χ3v) is 2.34. The van der Waals surface area contributed by atoms with Crippen molar-refractivity contribution in [1.82, 2.24) is 0 Å². The van der Waals surface area contributed by atoms with Crippen LogP contribution in [0, 0.1) is 5.82 Å². The average Bonchev–Trinajstić information content (AvgIpc) is 2.21. The van der Waals surface area contributed by atoms with Gasteiger partial charge in [0.1, 0.15) is 5.82 Å². The van der Waals surface area contributed by atoms with Crippen molar-refractivity contribution in [2.75, 3.05) is 0 Å². The Balaban J connectivity index is 2.62. The first-order valence-corrected chi connectivity index (χ1v) is 5.16. The molecular weight excluding hydrogens is 193 g/mol. The molecule has 1 atom stereocenters. The van der Waals surface area contributed by atoms with Gasteiger partial charge in [0.2, 0.25) is 0 Å². The lowest BCUT2D eigenvalue weighted by Crippen LogP contribution is -2.31. The minimum absolute atomic E-state index is 0.0911. The average molecular weight is 209 g/mol. The Morgan fingerprint density at radius 3 is 2.73 bits per heavy atom. The second-order valence-corrected chi connectivity index (χ2v) is 3.63. The van der Waals surface area contributed by atoms with Gasteiger partial charge in [-0.25, -0.2) is 4.39 Å². The van der Waals surface area contributed by atoms with Gasteiger partial charge in [-0.2, -0.15) is 0 Å². The van der Waals surface area contributed by atoms with Crippen molar-refractivity contribution in [3.8, 4) is 0 Å². The summed E-state index contributed by atoms with van der Waals surface area (Å²) < 4.78 is 13.2. The molecule has 0 aromatic heterocycles. The molecule has 0 spiro atoms. The highest BCUT2D eigenvalue weighted by atomic mass is 19.1. The molecule has 0 aliphatic carbocycles. The van der Waals surface area contributed by atoms with Crippen LogP contribution in [0.3, 0.4) is 0 Å². The van der Waals surface area contributed by atoms with Crippen molar-refractivity contribution in [1.29, 1.82) is 0 Å². The van der Waals surface area contributed by atoms with Crippen LogP contribution >= 0.6 is 0 Å². The van der Waals surface area contributed by atoms with E-state index in [0.717, 1.165) is 6.42 Å². The number of Topliss-reactive ketones (excluding diaryl/α,β-unsaturated/α-hetero) is 1. The summed E-state index contributed by atoms with van der Waals surface area (Å²) in [4.78, 5) is 11.6. The lowest BCUT2D eigenvalue weighted by Gasteiger charge is -2.09. The van der Waals surface area contributed by atoms with Crippen molar-refractivity contribution in [3.05, 3.63) is 35.6 Å². The standard InChI is InChI=1S/C12H16FNO/c1-2-5-11(14)12(15)8-9-6-3-4-7-10(9)13/h3-4,6-7,11H,2,5,8,14H2,1H3. The highest BCUT2D eigenvalue weighted by molar-refractivity contribution is 5.85. The first-order chi connectivity index (χ1) is 7.15. The van der Waals surface area contributed by atoms with E-state index in [1.54, 1.807) is 18.2 Å². The monoisotopic (exact) mass is 209 g/mol. The van der Waals surface area contributed by atoms with E-state index in [1.807, 2.05) is 6.92 Å².